The second-order valence-corrected chi connectivity index (χ2v) is 6.37. The highest BCUT2D eigenvalue weighted by Crippen LogP contribution is 2.17. The molecular formula is C13H16O5S. The van der Waals surface area contributed by atoms with Crippen molar-refractivity contribution >= 4 is 16.1 Å². The summed E-state index contributed by atoms with van der Waals surface area (Å²) < 4.78 is 32.4. The molecule has 0 spiro atoms. The Bertz CT molecular complexity index is 591. The van der Waals surface area contributed by atoms with Gasteiger partial charge in [-0.3, -0.25) is 4.18 Å². The Morgan fingerprint density at radius 1 is 1.37 bits per heavy atom. The minimum atomic E-state index is -3.55. The molecule has 0 aromatic heterocycles. The lowest BCUT2D eigenvalue weighted by molar-refractivity contribution is 0.0269. The van der Waals surface area contributed by atoms with Gasteiger partial charge in [0.25, 0.3) is 10.1 Å². The third kappa shape index (κ3) is 3.54. The van der Waals surface area contributed by atoms with E-state index in [0.717, 1.165) is 11.1 Å². The van der Waals surface area contributed by atoms with Gasteiger partial charge < -0.3 is 4.74 Å². The van der Waals surface area contributed by atoms with E-state index in [2.05, 4.69) is 4.18 Å². The summed E-state index contributed by atoms with van der Waals surface area (Å²) in [6.45, 7) is 3.82. The van der Waals surface area contributed by atoms with Crippen LogP contribution in [0.2, 0.25) is 0 Å². The molecule has 1 aromatic rings. The van der Waals surface area contributed by atoms with E-state index in [1.165, 1.54) is 0 Å². The standard InChI is InChI=1S/C13H16O5S/c1-9-3-4-12(10(2)7-9)13(14)18-11-5-6-17-19(15,16)8-11/h3-4,7,11H,5-6,8H2,1-2H3. The summed E-state index contributed by atoms with van der Waals surface area (Å²) in [7, 11) is -3.55. The van der Waals surface area contributed by atoms with E-state index in [9.17, 15) is 13.2 Å². The van der Waals surface area contributed by atoms with Gasteiger partial charge in [-0.2, -0.15) is 8.42 Å². The maximum atomic E-state index is 12.0. The quantitative estimate of drug-likeness (QED) is 0.609. The third-order valence-corrected chi connectivity index (χ3v) is 4.27. The largest absolute Gasteiger partial charge is 0.458 e. The molecule has 1 heterocycles. The first kappa shape index (κ1) is 14.0. The maximum Gasteiger partial charge on any atom is 0.338 e. The van der Waals surface area contributed by atoms with Gasteiger partial charge in [-0.05, 0) is 25.5 Å². The Morgan fingerprint density at radius 3 is 2.74 bits per heavy atom. The molecule has 104 valence electrons. The number of hydrogen-bond donors (Lipinski definition) is 0. The monoisotopic (exact) mass is 284 g/mol. The number of carbonyl (C=O) groups is 1. The number of benzene rings is 1. The predicted molar refractivity (Wildman–Crippen MR) is 69.5 cm³/mol. The highest BCUT2D eigenvalue weighted by atomic mass is 32.2. The Morgan fingerprint density at radius 2 is 2.11 bits per heavy atom. The van der Waals surface area contributed by atoms with Crippen LogP contribution in [-0.4, -0.2) is 32.9 Å². The van der Waals surface area contributed by atoms with Crippen LogP contribution < -0.4 is 0 Å². The van der Waals surface area contributed by atoms with Gasteiger partial charge in [0.1, 0.15) is 11.9 Å². The number of ether oxygens (including phenoxy) is 1. The van der Waals surface area contributed by atoms with Crippen molar-refractivity contribution in [2.24, 2.45) is 0 Å². The summed E-state index contributed by atoms with van der Waals surface area (Å²) in [6.07, 6.45) is -0.234. The van der Waals surface area contributed by atoms with Crippen LogP contribution in [0.4, 0.5) is 0 Å². The van der Waals surface area contributed by atoms with Crippen LogP contribution >= 0.6 is 0 Å². The summed E-state index contributed by atoms with van der Waals surface area (Å²) in [6, 6.07) is 5.41. The van der Waals surface area contributed by atoms with Crippen molar-refractivity contribution in [1.82, 2.24) is 0 Å². The van der Waals surface area contributed by atoms with Crippen LogP contribution in [0.3, 0.4) is 0 Å². The third-order valence-electron chi connectivity index (χ3n) is 2.97. The topological polar surface area (TPSA) is 69.7 Å². The van der Waals surface area contributed by atoms with Gasteiger partial charge in [0.15, 0.2) is 0 Å². The number of esters is 1. The Balaban J connectivity index is 2.09. The zero-order valence-corrected chi connectivity index (χ0v) is 11.7. The van der Waals surface area contributed by atoms with E-state index in [0.29, 0.717) is 12.0 Å². The smallest absolute Gasteiger partial charge is 0.338 e. The van der Waals surface area contributed by atoms with E-state index in [1.807, 2.05) is 26.0 Å². The second kappa shape index (κ2) is 5.30. The minimum absolute atomic E-state index is 0.0627. The molecule has 1 atom stereocenters. The molecule has 1 saturated heterocycles. The molecule has 0 aliphatic carbocycles. The number of aryl methyl sites for hydroxylation is 2. The van der Waals surface area contributed by atoms with Crippen LogP contribution in [-0.2, 0) is 19.0 Å². The van der Waals surface area contributed by atoms with Crippen LogP contribution in [0.15, 0.2) is 18.2 Å². The summed E-state index contributed by atoms with van der Waals surface area (Å²) >= 11 is 0. The van der Waals surface area contributed by atoms with E-state index >= 15 is 0 Å². The van der Waals surface area contributed by atoms with Crippen molar-refractivity contribution in [3.63, 3.8) is 0 Å². The van der Waals surface area contributed by atoms with Crippen molar-refractivity contribution in [1.29, 1.82) is 0 Å². The average molecular weight is 284 g/mol. The Labute approximate surface area is 112 Å². The summed E-state index contributed by atoms with van der Waals surface area (Å²) in [4.78, 5) is 12.0. The molecule has 0 saturated carbocycles. The first-order valence-electron chi connectivity index (χ1n) is 6.03. The molecule has 0 amide bonds. The molecule has 1 fully saturated rings. The molecule has 2 rings (SSSR count). The van der Waals surface area contributed by atoms with Crippen molar-refractivity contribution in [3.8, 4) is 0 Å². The van der Waals surface area contributed by atoms with Crippen LogP contribution in [0.5, 0.6) is 0 Å². The fourth-order valence-electron chi connectivity index (χ4n) is 2.02. The summed E-state index contributed by atoms with van der Waals surface area (Å²) in [5, 5.41) is 0. The molecule has 19 heavy (non-hydrogen) atoms. The van der Waals surface area contributed by atoms with Gasteiger partial charge in [0, 0.05) is 6.42 Å². The van der Waals surface area contributed by atoms with Crippen molar-refractivity contribution in [3.05, 3.63) is 34.9 Å². The predicted octanol–water partition coefficient (Wildman–Crippen LogP) is 1.58. The molecule has 1 unspecified atom stereocenters. The number of rotatable bonds is 2. The number of hydrogen-bond acceptors (Lipinski definition) is 5. The molecule has 5 nitrogen and oxygen atoms in total. The molecule has 1 aliphatic rings. The first-order valence-corrected chi connectivity index (χ1v) is 7.60. The zero-order valence-electron chi connectivity index (χ0n) is 10.9. The Hall–Kier alpha value is -1.40. The highest BCUT2D eigenvalue weighted by molar-refractivity contribution is 7.86. The molecule has 1 aliphatic heterocycles. The molecule has 6 heteroatoms. The van der Waals surface area contributed by atoms with Gasteiger partial charge >= 0.3 is 5.97 Å². The molecule has 0 bridgehead atoms. The van der Waals surface area contributed by atoms with Gasteiger partial charge in [0.05, 0.1) is 12.2 Å². The summed E-state index contributed by atoms with van der Waals surface area (Å²) in [5.41, 5.74) is 2.34. The van der Waals surface area contributed by atoms with Crippen molar-refractivity contribution in [2.45, 2.75) is 26.4 Å². The van der Waals surface area contributed by atoms with E-state index in [1.54, 1.807) is 6.07 Å². The maximum absolute atomic E-state index is 12.0. The van der Waals surface area contributed by atoms with Gasteiger partial charge in [-0.15, -0.1) is 0 Å². The lowest BCUT2D eigenvalue weighted by Gasteiger charge is -2.22. The van der Waals surface area contributed by atoms with Gasteiger partial charge in [-0.25, -0.2) is 4.79 Å². The lowest BCUT2D eigenvalue weighted by atomic mass is 10.1. The van der Waals surface area contributed by atoms with E-state index in [4.69, 9.17) is 4.74 Å². The molecular weight excluding hydrogens is 268 g/mol. The normalized spacial score (nSPS) is 21.9. The van der Waals surface area contributed by atoms with E-state index < -0.39 is 22.2 Å². The number of carbonyl (C=O) groups excluding carboxylic acids is 1. The average Bonchev–Trinajstić information content (AvgIpc) is 2.27. The molecule has 1 aromatic carbocycles. The van der Waals surface area contributed by atoms with Crippen LogP contribution in [0.25, 0.3) is 0 Å². The first-order chi connectivity index (χ1) is 8.87. The van der Waals surface area contributed by atoms with Gasteiger partial charge in [0.2, 0.25) is 0 Å². The summed E-state index contributed by atoms with van der Waals surface area (Å²) in [5.74, 6) is -0.761. The fourth-order valence-corrected chi connectivity index (χ4v) is 3.15. The lowest BCUT2D eigenvalue weighted by Crippen LogP contribution is -2.34. The highest BCUT2D eigenvalue weighted by Gasteiger charge is 2.29. The van der Waals surface area contributed by atoms with Gasteiger partial charge in [-0.1, -0.05) is 17.7 Å². The minimum Gasteiger partial charge on any atom is -0.458 e. The van der Waals surface area contributed by atoms with Crippen LogP contribution in [0, 0.1) is 13.8 Å². The SMILES string of the molecule is Cc1ccc(C(=O)OC2CCOS(=O)(=O)C2)c(C)c1. The molecule has 0 N–H and O–H groups in total. The van der Waals surface area contributed by atoms with Crippen LogP contribution in [0.1, 0.15) is 27.9 Å². The van der Waals surface area contributed by atoms with Crippen molar-refractivity contribution < 1.29 is 22.1 Å². The second-order valence-electron chi connectivity index (χ2n) is 4.68. The fraction of sp³-hybridized carbons (Fsp3) is 0.462. The Kier molecular flexibility index (Phi) is 3.91. The zero-order chi connectivity index (χ0) is 14.0. The molecule has 0 radical (unpaired) electrons. The van der Waals surface area contributed by atoms with E-state index in [-0.39, 0.29) is 12.4 Å². The van der Waals surface area contributed by atoms with Crippen molar-refractivity contribution in [2.75, 3.05) is 12.4 Å².